The Balaban J connectivity index is 0.000000226. The fourth-order valence-corrected chi connectivity index (χ4v) is 4.82. The number of rotatable bonds is 4. The number of thiophene rings is 1. The van der Waals surface area contributed by atoms with Crippen LogP contribution in [0.2, 0.25) is 0 Å². The fourth-order valence-electron chi connectivity index (χ4n) is 3.27. The van der Waals surface area contributed by atoms with E-state index in [0.717, 1.165) is 6.54 Å². The summed E-state index contributed by atoms with van der Waals surface area (Å²) in [5, 5.41) is 17.8. The van der Waals surface area contributed by atoms with Crippen LogP contribution < -0.4 is 4.90 Å². The van der Waals surface area contributed by atoms with Gasteiger partial charge in [0.1, 0.15) is 5.82 Å². The van der Waals surface area contributed by atoms with Crippen LogP contribution in [0.5, 0.6) is 0 Å². The molecule has 0 spiro atoms. The van der Waals surface area contributed by atoms with Gasteiger partial charge in [0.05, 0.1) is 4.88 Å². The molecule has 0 amide bonds. The van der Waals surface area contributed by atoms with Gasteiger partial charge in [0.25, 0.3) is 0 Å². The van der Waals surface area contributed by atoms with Crippen LogP contribution in [0.25, 0.3) is 9.75 Å². The van der Waals surface area contributed by atoms with Crippen LogP contribution in [-0.2, 0) is 9.59 Å². The number of carboxylic acids is 2. The molecule has 0 unspecified atom stereocenters. The maximum absolute atomic E-state index is 9.55. The molecule has 27 heavy (non-hydrogen) atoms. The Hall–Kier alpha value is -2.23. The summed E-state index contributed by atoms with van der Waals surface area (Å²) in [6, 6.07) is 7.28. The van der Waals surface area contributed by atoms with Crippen molar-refractivity contribution in [2.24, 2.45) is 0 Å². The van der Waals surface area contributed by atoms with E-state index in [2.05, 4.69) is 33.4 Å². The van der Waals surface area contributed by atoms with Gasteiger partial charge >= 0.3 is 11.9 Å². The summed E-state index contributed by atoms with van der Waals surface area (Å²) in [7, 11) is 0. The second kappa shape index (κ2) is 9.12. The Labute approximate surface area is 165 Å². The molecule has 0 aliphatic carbocycles. The largest absolute Gasteiger partial charge is 0.478 e. The van der Waals surface area contributed by atoms with Crippen LogP contribution in [0.15, 0.2) is 35.7 Å². The van der Waals surface area contributed by atoms with Crippen molar-refractivity contribution < 1.29 is 19.8 Å². The molecule has 3 fully saturated rings. The first-order chi connectivity index (χ1) is 13.0. The number of carbonyl (C=O) groups is 2. The minimum Gasteiger partial charge on any atom is -0.478 e. The average Bonchev–Trinajstić information content (AvgIpc) is 3.27. The first-order valence-corrected chi connectivity index (χ1v) is 10.3. The molecular weight excluding hydrogens is 386 g/mol. The van der Waals surface area contributed by atoms with Crippen molar-refractivity contribution in [3.63, 3.8) is 0 Å². The van der Waals surface area contributed by atoms with E-state index in [1.165, 1.54) is 48.0 Å². The summed E-state index contributed by atoms with van der Waals surface area (Å²) >= 11 is 3.44. The van der Waals surface area contributed by atoms with Crippen molar-refractivity contribution in [2.45, 2.75) is 18.9 Å². The number of fused-ring (bicyclic) bond motifs is 4. The highest BCUT2D eigenvalue weighted by Gasteiger charge is 2.30. The van der Waals surface area contributed by atoms with Gasteiger partial charge < -0.3 is 20.0 Å². The fraction of sp³-hybridized carbons (Fsp3) is 0.389. The Morgan fingerprint density at radius 1 is 1.07 bits per heavy atom. The number of aromatic nitrogens is 1. The van der Waals surface area contributed by atoms with Crippen molar-refractivity contribution in [1.29, 1.82) is 0 Å². The number of nitrogens with zero attached hydrogens (tertiary/aromatic N) is 3. The molecule has 2 aromatic heterocycles. The molecule has 7 nitrogen and oxygen atoms in total. The van der Waals surface area contributed by atoms with E-state index in [0.29, 0.717) is 18.2 Å². The molecule has 144 valence electrons. The Kier molecular flexibility index (Phi) is 6.59. The van der Waals surface area contributed by atoms with Crippen LogP contribution >= 0.6 is 22.9 Å². The number of piperidine rings is 1. The van der Waals surface area contributed by atoms with Crippen molar-refractivity contribution in [2.75, 3.05) is 31.1 Å². The normalized spacial score (nSPS) is 21.6. The van der Waals surface area contributed by atoms with Crippen LogP contribution in [0.3, 0.4) is 0 Å². The summed E-state index contributed by atoms with van der Waals surface area (Å²) in [6.07, 6.45) is 3.71. The Morgan fingerprint density at radius 3 is 2.37 bits per heavy atom. The van der Waals surface area contributed by atoms with Crippen molar-refractivity contribution >= 4 is 40.6 Å². The van der Waals surface area contributed by atoms with Crippen molar-refractivity contribution in [1.82, 2.24) is 9.27 Å². The number of hydrogen-bond donors (Lipinski definition) is 2. The lowest BCUT2D eigenvalue weighted by Gasteiger charge is -2.31. The zero-order valence-electron chi connectivity index (χ0n) is 14.7. The lowest BCUT2D eigenvalue weighted by Crippen LogP contribution is -2.38. The van der Waals surface area contributed by atoms with E-state index >= 15 is 0 Å². The van der Waals surface area contributed by atoms with Gasteiger partial charge in [-0.05, 0) is 35.8 Å². The standard InChI is InChI=1S/C14H17N3S2.C4H4O4/c1-2-12(18-9-1)13-10-14(15-19-13)17-8-7-16-5-3-11(17)4-6-16;5-3(6)1-2-4(7)8/h1-2,9-11H,3-8H2;1-2H,(H,5,6)(H,7,8)/b;2-1+. The van der Waals surface area contributed by atoms with Crippen LogP contribution in [-0.4, -0.2) is 63.6 Å². The third-order valence-corrected chi connectivity index (χ3v) is 6.42. The van der Waals surface area contributed by atoms with Crippen molar-refractivity contribution in [3.05, 3.63) is 35.7 Å². The molecular formula is C18H21N3O4S2. The van der Waals surface area contributed by atoms with Gasteiger partial charge in [-0.1, -0.05) is 6.07 Å². The zero-order valence-corrected chi connectivity index (χ0v) is 16.3. The molecule has 2 N–H and O–H groups in total. The third kappa shape index (κ3) is 5.38. The number of aliphatic carboxylic acids is 2. The summed E-state index contributed by atoms with van der Waals surface area (Å²) in [5.41, 5.74) is 0. The van der Waals surface area contributed by atoms with E-state index in [9.17, 15) is 9.59 Å². The minimum atomic E-state index is -1.26. The molecule has 2 aromatic rings. The Bertz CT molecular complexity index is 779. The molecule has 0 aromatic carbocycles. The second-order valence-corrected chi connectivity index (χ2v) is 8.06. The lowest BCUT2D eigenvalue weighted by atomic mass is 10.1. The van der Waals surface area contributed by atoms with Gasteiger partial charge in [-0.3, -0.25) is 0 Å². The molecule has 9 heteroatoms. The van der Waals surface area contributed by atoms with Gasteiger partial charge in [0, 0.05) is 55.3 Å². The predicted octanol–water partition coefficient (Wildman–Crippen LogP) is 2.87. The highest BCUT2D eigenvalue weighted by Crippen LogP contribution is 2.34. The van der Waals surface area contributed by atoms with Crippen LogP contribution in [0, 0.1) is 0 Å². The summed E-state index contributed by atoms with van der Waals surface area (Å²) < 4.78 is 4.71. The molecule has 3 aliphatic heterocycles. The molecule has 5 rings (SSSR count). The highest BCUT2D eigenvalue weighted by molar-refractivity contribution is 7.18. The van der Waals surface area contributed by atoms with Crippen LogP contribution in [0.4, 0.5) is 5.82 Å². The van der Waals surface area contributed by atoms with Gasteiger partial charge in [-0.2, -0.15) is 4.37 Å². The summed E-state index contributed by atoms with van der Waals surface area (Å²) in [5.74, 6) is -1.32. The topological polar surface area (TPSA) is 94.0 Å². The smallest absolute Gasteiger partial charge is 0.328 e. The molecule has 3 aliphatic rings. The predicted molar refractivity (Wildman–Crippen MR) is 107 cm³/mol. The molecule has 0 radical (unpaired) electrons. The van der Waals surface area contributed by atoms with Gasteiger partial charge in [0.15, 0.2) is 0 Å². The quantitative estimate of drug-likeness (QED) is 0.753. The highest BCUT2D eigenvalue weighted by atomic mass is 32.1. The van der Waals surface area contributed by atoms with Gasteiger partial charge in [-0.25, -0.2) is 9.59 Å². The van der Waals surface area contributed by atoms with E-state index in [-0.39, 0.29) is 0 Å². The maximum atomic E-state index is 9.55. The van der Waals surface area contributed by atoms with E-state index < -0.39 is 11.9 Å². The number of anilines is 1. The first-order valence-electron chi connectivity index (χ1n) is 8.66. The zero-order chi connectivity index (χ0) is 19.2. The Morgan fingerprint density at radius 2 is 1.78 bits per heavy atom. The SMILES string of the molecule is O=C(O)/C=C/C(=O)O.c1csc(-c2cc(N3CCN4CCC3CC4)ns2)c1. The molecule has 0 saturated carbocycles. The number of hydrogen-bond acceptors (Lipinski definition) is 7. The van der Waals surface area contributed by atoms with Crippen molar-refractivity contribution in [3.8, 4) is 9.75 Å². The molecule has 3 saturated heterocycles. The van der Waals surface area contributed by atoms with E-state index in [1.807, 2.05) is 0 Å². The van der Waals surface area contributed by atoms with E-state index in [1.54, 1.807) is 22.9 Å². The third-order valence-electron chi connectivity index (χ3n) is 4.58. The van der Waals surface area contributed by atoms with E-state index in [4.69, 9.17) is 14.6 Å². The lowest BCUT2D eigenvalue weighted by molar-refractivity contribution is -0.134. The first kappa shape index (κ1) is 19.5. The van der Waals surface area contributed by atoms with Gasteiger partial charge in [0.2, 0.25) is 0 Å². The summed E-state index contributed by atoms with van der Waals surface area (Å²) in [6.45, 7) is 4.87. The minimum absolute atomic E-state index is 0.558. The molecule has 2 bridgehead atoms. The average molecular weight is 408 g/mol. The van der Waals surface area contributed by atoms with Gasteiger partial charge in [-0.15, -0.1) is 11.3 Å². The number of carboxylic acid groups (broad SMARTS) is 2. The molecule has 0 atom stereocenters. The van der Waals surface area contributed by atoms with Crippen LogP contribution in [0.1, 0.15) is 12.8 Å². The maximum Gasteiger partial charge on any atom is 0.328 e. The second-order valence-electron chi connectivity index (χ2n) is 6.30. The molecule has 5 heterocycles. The monoisotopic (exact) mass is 407 g/mol. The summed E-state index contributed by atoms with van der Waals surface area (Å²) in [4.78, 5) is 26.9.